The Balaban J connectivity index is 1.70. The second-order valence-corrected chi connectivity index (χ2v) is 5.45. The lowest BCUT2D eigenvalue weighted by Gasteiger charge is -2.25. The average Bonchev–Trinajstić information content (AvgIpc) is 3.09. The van der Waals surface area contributed by atoms with Gasteiger partial charge >= 0.3 is 0 Å². The van der Waals surface area contributed by atoms with Crippen LogP contribution in [0.1, 0.15) is 32.6 Å². The highest BCUT2D eigenvalue weighted by atomic mass is 16.5. The van der Waals surface area contributed by atoms with Crippen LogP contribution in [-0.2, 0) is 6.54 Å². The topological polar surface area (TPSA) is 55.3 Å². The van der Waals surface area contributed by atoms with E-state index in [0.717, 1.165) is 18.7 Å². The molecule has 3 heterocycles. The van der Waals surface area contributed by atoms with Gasteiger partial charge in [0.15, 0.2) is 0 Å². The summed E-state index contributed by atoms with van der Waals surface area (Å²) >= 11 is 0. The first-order chi connectivity index (χ1) is 9.24. The standard InChI is InChI=1S/C14H19N3O2/c1-10(2)12-4-3-6-17(12)8-13-15-14(16-19-13)11-5-7-18-9-11/h5,7,9-10,12H,3-4,6,8H2,1-2H3/t12-/m1/s1. The van der Waals surface area contributed by atoms with Crippen LogP contribution < -0.4 is 0 Å². The monoisotopic (exact) mass is 261 g/mol. The lowest BCUT2D eigenvalue weighted by molar-refractivity contribution is 0.175. The van der Waals surface area contributed by atoms with Crippen molar-refractivity contribution in [2.45, 2.75) is 39.3 Å². The summed E-state index contributed by atoms with van der Waals surface area (Å²) in [6.07, 6.45) is 5.76. The van der Waals surface area contributed by atoms with Crippen molar-refractivity contribution in [3.05, 3.63) is 24.5 Å². The summed E-state index contributed by atoms with van der Waals surface area (Å²) in [5, 5.41) is 4.00. The minimum absolute atomic E-state index is 0.601. The molecule has 19 heavy (non-hydrogen) atoms. The lowest BCUT2D eigenvalue weighted by Crippen LogP contribution is -2.32. The van der Waals surface area contributed by atoms with Gasteiger partial charge in [0.1, 0.15) is 6.26 Å². The Kier molecular flexibility index (Phi) is 3.38. The van der Waals surface area contributed by atoms with Gasteiger partial charge in [0.05, 0.1) is 18.4 Å². The van der Waals surface area contributed by atoms with E-state index in [1.54, 1.807) is 12.5 Å². The minimum atomic E-state index is 0.601. The van der Waals surface area contributed by atoms with Crippen molar-refractivity contribution in [3.8, 4) is 11.4 Å². The molecule has 5 heteroatoms. The third-order valence-electron chi connectivity index (χ3n) is 3.77. The first-order valence-corrected chi connectivity index (χ1v) is 6.83. The van der Waals surface area contributed by atoms with Crippen molar-refractivity contribution in [1.29, 1.82) is 0 Å². The highest BCUT2D eigenvalue weighted by molar-refractivity contribution is 5.51. The molecule has 0 bridgehead atoms. The molecular weight excluding hydrogens is 242 g/mol. The normalized spacial score (nSPS) is 20.5. The van der Waals surface area contributed by atoms with Crippen molar-refractivity contribution < 1.29 is 8.94 Å². The van der Waals surface area contributed by atoms with E-state index in [0.29, 0.717) is 23.7 Å². The van der Waals surface area contributed by atoms with Crippen LogP contribution in [0.3, 0.4) is 0 Å². The summed E-state index contributed by atoms with van der Waals surface area (Å²) in [4.78, 5) is 6.87. The number of aromatic nitrogens is 2. The first kappa shape index (κ1) is 12.4. The molecule has 1 aliphatic heterocycles. The van der Waals surface area contributed by atoms with Crippen LogP contribution in [0.5, 0.6) is 0 Å². The van der Waals surface area contributed by atoms with Crippen LogP contribution in [0, 0.1) is 5.92 Å². The zero-order chi connectivity index (χ0) is 13.2. The number of hydrogen-bond donors (Lipinski definition) is 0. The fourth-order valence-corrected chi connectivity index (χ4v) is 2.80. The Hall–Kier alpha value is -1.62. The molecule has 1 saturated heterocycles. The zero-order valence-electron chi connectivity index (χ0n) is 11.4. The number of rotatable bonds is 4. The molecule has 5 nitrogen and oxygen atoms in total. The maximum absolute atomic E-state index is 5.33. The second kappa shape index (κ2) is 5.17. The van der Waals surface area contributed by atoms with Gasteiger partial charge in [-0.3, -0.25) is 4.90 Å². The maximum atomic E-state index is 5.33. The SMILES string of the molecule is CC(C)[C@H]1CCCN1Cc1nc(-c2ccoc2)no1. The van der Waals surface area contributed by atoms with Crippen molar-refractivity contribution in [2.24, 2.45) is 5.92 Å². The Morgan fingerprint density at radius 2 is 2.37 bits per heavy atom. The molecule has 0 unspecified atom stereocenters. The van der Waals surface area contributed by atoms with Gasteiger partial charge in [-0.25, -0.2) is 0 Å². The number of furan rings is 1. The first-order valence-electron chi connectivity index (χ1n) is 6.83. The van der Waals surface area contributed by atoms with E-state index in [1.165, 1.54) is 12.8 Å². The summed E-state index contributed by atoms with van der Waals surface area (Å²) in [7, 11) is 0. The van der Waals surface area contributed by atoms with Gasteiger partial charge in [-0.1, -0.05) is 19.0 Å². The second-order valence-electron chi connectivity index (χ2n) is 5.45. The highest BCUT2D eigenvalue weighted by Crippen LogP contribution is 2.25. The quantitative estimate of drug-likeness (QED) is 0.847. The molecule has 2 aromatic heterocycles. The van der Waals surface area contributed by atoms with Crippen LogP contribution in [-0.4, -0.2) is 27.6 Å². The van der Waals surface area contributed by atoms with E-state index < -0.39 is 0 Å². The fraction of sp³-hybridized carbons (Fsp3) is 0.571. The van der Waals surface area contributed by atoms with Crippen molar-refractivity contribution in [3.63, 3.8) is 0 Å². The molecule has 1 fully saturated rings. The van der Waals surface area contributed by atoms with Gasteiger partial charge < -0.3 is 8.94 Å². The van der Waals surface area contributed by atoms with Gasteiger partial charge in [-0.2, -0.15) is 4.98 Å². The molecule has 0 aromatic carbocycles. The molecule has 0 N–H and O–H groups in total. The van der Waals surface area contributed by atoms with Gasteiger partial charge in [0.2, 0.25) is 11.7 Å². The van der Waals surface area contributed by atoms with Crippen molar-refractivity contribution in [2.75, 3.05) is 6.54 Å². The molecule has 1 atom stereocenters. The number of likely N-dealkylation sites (tertiary alicyclic amines) is 1. The van der Waals surface area contributed by atoms with Crippen LogP contribution in [0.25, 0.3) is 11.4 Å². The van der Waals surface area contributed by atoms with E-state index in [-0.39, 0.29) is 0 Å². The summed E-state index contributed by atoms with van der Waals surface area (Å²) in [6.45, 7) is 6.40. The summed E-state index contributed by atoms with van der Waals surface area (Å²) in [5.41, 5.74) is 0.858. The van der Waals surface area contributed by atoms with Gasteiger partial charge in [0.25, 0.3) is 0 Å². The Labute approximate surface area is 112 Å². The Morgan fingerprint density at radius 1 is 1.47 bits per heavy atom. The highest BCUT2D eigenvalue weighted by Gasteiger charge is 2.28. The number of nitrogens with zero attached hydrogens (tertiary/aromatic N) is 3. The lowest BCUT2D eigenvalue weighted by atomic mass is 10.0. The van der Waals surface area contributed by atoms with Crippen LogP contribution in [0.4, 0.5) is 0 Å². The Morgan fingerprint density at radius 3 is 3.11 bits per heavy atom. The van der Waals surface area contributed by atoms with Crippen LogP contribution >= 0.6 is 0 Å². The van der Waals surface area contributed by atoms with Crippen LogP contribution in [0.2, 0.25) is 0 Å². The van der Waals surface area contributed by atoms with Gasteiger partial charge in [0, 0.05) is 6.04 Å². The molecule has 1 aliphatic rings. The number of hydrogen-bond acceptors (Lipinski definition) is 5. The van der Waals surface area contributed by atoms with E-state index in [4.69, 9.17) is 8.94 Å². The molecule has 0 saturated carbocycles. The smallest absolute Gasteiger partial charge is 0.241 e. The Bertz CT molecular complexity index is 519. The van der Waals surface area contributed by atoms with E-state index in [1.807, 2.05) is 6.07 Å². The van der Waals surface area contributed by atoms with Crippen molar-refractivity contribution in [1.82, 2.24) is 15.0 Å². The fourth-order valence-electron chi connectivity index (χ4n) is 2.80. The predicted octanol–water partition coefficient (Wildman–Crippen LogP) is 2.95. The van der Waals surface area contributed by atoms with Crippen LogP contribution in [0.15, 0.2) is 27.5 Å². The molecule has 0 amide bonds. The molecule has 102 valence electrons. The summed E-state index contributed by atoms with van der Waals surface area (Å²) in [5.74, 6) is 1.95. The minimum Gasteiger partial charge on any atom is -0.472 e. The van der Waals surface area contributed by atoms with Gasteiger partial charge in [-0.15, -0.1) is 0 Å². The zero-order valence-corrected chi connectivity index (χ0v) is 11.4. The third-order valence-corrected chi connectivity index (χ3v) is 3.77. The molecule has 0 spiro atoms. The van der Waals surface area contributed by atoms with E-state index in [9.17, 15) is 0 Å². The van der Waals surface area contributed by atoms with E-state index in [2.05, 4.69) is 28.9 Å². The largest absolute Gasteiger partial charge is 0.472 e. The van der Waals surface area contributed by atoms with E-state index >= 15 is 0 Å². The van der Waals surface area contributed by atoms with Crippen molar-refractivity contribution >= 4 is 0 Å². The maximum Gasteiger partial charge on any atom is 0.241 e. The predicted molar refractivity (Wildman–Crippen MR) is 70.3 cm³/mol. The molecular formula is C14H19N3O2. The molecule has 3 rings (SSSR count). The third kappa shape index (κ3) is 2.56. The molecule has 0 radical (unpaired) electrons. The summed E-state index contributed by atoms with van der Waals surface area (Å²) in [6, 6.07) is 2.46. The average molecular weight is 261 g/mol. The molecule has 0 aliphatic carbocycles. The van der Waals surface area contributed by atoms with Gasteiger partial charge in [-0.05, 0) is 31.4 Å². The molecule has 2 aromatic rings. The summed E-state index contributed by atoms with van der Waals surface area (Å²) < 4.78 is 10.4.